The Morgan fingerprint density at radius 3 is 2.85 bits per heavy atom. The molecule has 0 spiro atoms. The average molecular weight is 521 g/mol. The van der Waals surface area contributed by atoms with Crippen LogP contribution in [0.5, 0.6) is 0 Å². The molecule has 27 heavy (non-hydrogen) atoms. The van der Waals surface area contributed by atoms with Crippen LogP contribution in [0.4, 0.5) is 18.9 Å². The van der Waals surface area contributed by atoms with Crippen LogP contribution in [-0.2, 0) is 4.74 Å². The Hall–Kier alpha value is -0.940. The van der Waals surface area contributed by atoms with Gasteiger partial charge in [-0.1, -0.05) is 17.7 Å². The van der Waals surface area contributed by atoms with Gasteiger partial charge in [0.25, 0.3) is 0 Å². The molecule has 2 rings (SSSR count). The Balaban J connectivity index is 0.00000364. The molecule has 0 amide bonds. The molecule has 1 aromatic rings. The first-order valence-corrected chi connectivity index (χ1v) is 8.87. The quantitative estimate of drug-likeness (QED) is 0.249. The lowest BCUT2D eigenvalue weighted by Crippen LogP contribution is -2.45. The van der Waals surface area contributed by atoms with Gasteiger partial charge in [0.15, 0.2) is 5.96 Å². The minimum atomic E-state index is -4.28. The second-order valence-corrected chi connectivity index (χ2v) is 6.51. The number of ether oxygens (including phenoxy) is 1. The predicted octanol–water partition coefficient (Wildman–Crippen LogP) is 3.67. The van der Waals surface area contributed by atoms with E-state index in [4.69, 9.17) is 11.6 Å². The van der Waals surface area contributed by atoms with E-state index in [1.165, 1.54) is 0 Å². The number of hydrogen-bond donors (Lipinski definition) is 2. The molecule has 10 heteroatoms. The van der Waals surface area contributed by atoms with Crippen LogP contribution in [0.15, 0.2) is 29.3 Å². The summed E-state index contributed by atoms with van der Waals surface area (Å²) in [7, 11) is 1.67. The standard InChI is InChI=1S/C17H24ClF3N4O.HI/c1-22-16(23-7-3-9-26-12-17(19,20)21)24-14-6-8-25(11-14)15-5-2-4-13(18)10-15;/h2,4-5,10,14H,3,6-9,11-12H2,1H3,(H2,22,23,24);1H. The third-order valence-corrected chi connectivity index (χ3v) is 4.18. The smallest absolute Gasteiger partial charge is 0.372 e. The zero-order chi connectivity index (χ0) is 19.0. The fourth-order valence-corrected chi connectivity index (χ4v) is 2.93. The minimum absolute atomic E-state index is 0. The van der Waals surface area contributed by atoms with E-state index >= 15 is 0 Å². The van der Waals surface area contributed by atoms with Gasteiger partial charge in [0, 0.05) is 50.0 Å². The first-order chi connectivity index (χ1) is 12.4. The van der Waals surface area contributed by atoms with Crippen LogP contribution >= 0.6 is 35.6 Å². The normalized spacial score (nSPS) is 17.6. The van der Waals surface area contributed by atoms with Gasteiger partial charge < -0.3 is 20.3 Å². The molecule has 1 fully saturated rings. The highest BCUT2D eigenvalue weighted by molar-refractivity contribution is 14.0. The average Bonchev–Trinajstić information content (AvgIpc) is 3.04. The number of hydrogen-bond acceptors (Lipinski definition) is 3. The fourth-order valence-electron chi connectivity index (χ4n) is 2.74. The van der Waals surface area contributed by atoms with Gasteiger partial charge in [0.05, 0.1) is 0 Å². The number of nitrogens with one attached hydrogen (secondary N) is 2. The number of aliphatic imine (C=N–C) groups is 1. The lowest BCUT2D eigenvalue weighted by molar-refractivity contribution is -0.173. The number of alkyl halides is 3. The molecule has 2 N–H and O–H groups in total. The van der Waals surface area contributed by atoms with Crippen molar-refractivity contribution in [3.8, 4) is 0 Å². The first-order valence-electron chi connectivity index (χ1n) is 8.49. The highest BCUT2D eigenvalue weighted by atomic mass is 127. The van der Waals surface area contributed by atoms with E-state index < -0.39 is 12.8 Å². The molecule has 0 radical (unpaired) electrons. The van der Waals surface area contributed by atoms with Crippen molar-refractivity contribution in [2.75, 3.05) is 44.8 Å². The van der Waals surface area contributed by atoms with Crippen molar-refractivity contribution >= 4 is 47.2 Å². The maximum atomic E-state index is 12.0. The van der Waals surface area contributed by atoms with E-state index in [-0.39, 0.29) is 36.6 Å². The highest BCUT2D eigenvalue weighted by Gasteiger charge is 2.27. The lowest BCUT2D eigenvalue weighted by atomic mass is 10.2. The number of rotatable bonds is 7. The van der Waals surface area contributed by atoms with Gasteiger partial charge in [-0.05, 0) is 31.0 Å². The van der Waals surface area contributed by atoms with Gasteiger partial charge in [-0.25, -0.2) is 0 Å². The third-order valence-electron chi connectivity index (χ3n) is 3.95. The molecule has 1 unspecified atom stereocenters. The molecule has 1 aliphatic heterocycles. The van der Waals surface area contributed by atoms with Crippen LogP contribution in [0.3, 0.4) is 0 Å². The summed E-state index contributed by atoms with van der Waals surface area (Å²) in [6.45, 7) is 1.08. The summed E-state index contributed by atoms with van der Waals surface area (Å²) in [5, 5.41) is 7.15. The van der Waals surface area contributed by atoms with Gasteiger partial charge in [-0.2, -0.15) is 13.2 Å². The summed E-state index contributed by atoms with van der Waals surface area (Å²) in [6, 6.07) is 7.99. The van der Waals surface area contributed by atoms with Crippen LogP contribution in [0, 0.1) is 0 Å². The topological polar surface area (TPSA) is 48.9 Å². The number of guanidine groups is 1. The van der Waals surface area contributed by atoms with Crippen LogP contribution in [0.25, 0.3) is 0 Å². The molecule has 5 nitrogen and oxygen atoms in total. The van der Waals surface area contributed by atoms with Crippen molar-refractivity contribution < 1.29 is 17.9 Å². The maximum Gasteiger partial charge on any atom is 0.411 e. The summed E-state index contributed by atoms with van der Waals surface area (Å²) in [6.07, 6.45) is -2.85. The lowest BCUT2D eigenvalue weighted by Gasteiger charge is -2.20. The Morgan fingerprint density at radius 2 is 2.19 bits per heavy atom. The second-order valence-electron chi connectivity index (χ2n) is 6.08. The van der Waals surface area contributed by atoms with Gasteiger partial charge in [-0.15, -0.1) is 24.0 Å². The van der Waals surface area contributed by atoms with Gasteiger partial charge in [0.1, 0.15) is 6.61 Å². The van der Waals surface area contributed by atoms with Crippen LogP contribution < -0.4 is 15.5 Å². The summed E-state index contributed by atoms with van der Waals surface area (Å²) in [5.41, 5.74) is 1.09. The van der Waals surface area contributed by atoms with E-state index in [2.05, 4.69) is 25.3 Å². The molecule has 0 aromatic heterocycles. The molecule has 1 atom stereocenters. The zero-order valence-corrected chi connectivity index (χ0v) is 18.1. The molecule has 0 aliphatic carbocycles. The van der Waals surface area contributed by atoms with Crippen LogP contribution in [0.2, 0.25) is 5.02 Å². The third kappa shape index (κ3) is 9.20. The molecule has 0 saturated carbocycles. The highest BCUT2D eigenvalue weighted by Crippen LogP contribution is 2.23. The number of halogens is 5. The second kappa shape index (κ2) is 11.8. The molecule has 154 valence electrons. The van der Waals surface area contributed by atoms with Crippen LogP contribution in [0.1, 0.15) is 12.8 Å². The van der Waals surface area contributed by atoms with E-state index in [0.717, 1.165) is 25.2 Å². The fraction of sp³-hybridized carbons (Fsp3) is 0.588. The van der Waals surface area contributed by atoms with Gasteiger partial charge in [-0.3, -0.25) is 4.99 Å². The Morgan fingerprint density at radius 1 is 1.41 bits per heavy atom. The minimum Gasteiger partial charge on any atom is -0.372 e. The number of anilines is 1. The first kappa shape index (κ1) is 24.1. The SMILES string of the molecule is CN=C(NCCCOCC(F)(F)F)NC1CCN(c2cccc(Cl)c2)C1.I. The molecular weight excluding hydrogens is 496 g/mol. The monoisotopic (exact) mass is 520 g/mol. The van der Waals surface area contributed by atoms with Crippen molar-refractivity contribution in [1.82, 2.24) is 10.6 Å². The summed E-state index contributed by atoms with van der Waals surface area (Å²) < 4.78 is 40.5. The zero-order valence-electron chi connectivity index (χ0n) is 15.1. The largest absolute Gasteiger partial charge is 0.411 e. The molecule has 1 saturated heterocycles. The van der Waals surface area contributed by atoms with Crippen molar-refractivity contribution in [3.05, 3.63) is 29.3 Å². The van der Waals surface area contributed by atoms with Crippen LogP contribution in [-0.4, -0.2) is 58.1 Å². The number of benzene rings is 1. The van der Waals surface area contributed by atoms with Gasteiger partial charge >= 0.3 is 6.18 Å². The van der Waals surface area contributed by atoms with E-state index in [1.54, 1.807) is 7.05 Å². The summed E-state index contributed by atoms with van der Waals surface area (Å²) in [4.78, 5) is 6.41. The molecule has 0 bridgehead atoms. The molecule has 1 heterocycles. The molecule has 1 aliphatic rings. The summed E-state index contributed by atoms with van der Waals surface area (Å²) >= 11 is 6.04. The Labute approximate surface area is 179 Å². The van der Waals surface area contributed by atoms with E-state index in [0.29, 0.717) is 23.9 Å². The van der Waals surface area contributed by atoms with Gasteiger partial charge in [0.2, 0.25) is 0 Å². The van der Waals surface area contributed by atoms with Crippen molar-refractivity contribution in [2.24, 2.45) is 4.99 Å². The number of nitrogens with zero attached hydrogens (tertiary/aromatic N) is 2. The van der Waals surface area contributed by atoms with E-state index in [9.17, 15) is 13.2 Å². The van der Waals surface area contributed by atoms with Crippen molar-refractivity contribution in [3.63, 3.8) is 0 Å². The summed E-state index contributed by atoms with van der Waals surface area (Å²) in [5.74, 6) is 0.638. The Kier molecular flexibility index (Phi) is 10.5. The molecule has 1 aromatic carbocycles. The molecular formula is C17H25ClF3IN4O. The van der Waals surface area contributed by atoms with E-state index in [1.807, 2.05) is 24.3 Å². The Bertz CT molecular complexity index is 604. The maximum absolute atomic E-state index is 12.0. The predicted molar refractivity (Wildman–Crippen MR) is 113 cm³/mol. The van der Waals surface area contributed by atoms with Crippen molar-refractivity contribution in [1.29, 1.82) is 0 Å². The van der Waals surface area contributed by atoms with Crippen molar-refractivity contribution in [2.45, 2.75) is 25.1 Å².